The second-order valence-electron chi connectivity index (χ2n) is 5.19. The molecule has 2 aromatic rings. The van der Waals surface area contributed by atoms with Crippen LogP contribution in [0.3, 0.4) is 0 Å². The zero-order valence-electron chi connectivity index (χ0n) is 12.2. The first-order valence-corrected chi connectivity index (χ1v) is 8.32. The van der Waals surface area contributed by atoms with Crippen molar-refractivity contribution in [2.24, 2.45) is 0 Å². The maximum absolute atomic E-state index is 12.9. The molecule has 0 aromatic heterocycles. The molecule has 122 valence electrons. The van der Waals surface area contributed by atoms with Crippen LogP contribution >= 0.6 is 46.4 Å². The van der Waals surface area contributed by atoms with E-state index in [-0.39, 0.29) is 15.6 Å². The molecule has 0 fully saturated rings. The second kappa shape index (κ2) is 6.41. The molecule has 0 spiro atoms. The zero-order chi connectivity index (χ0) is 17.6. The molecule has 0 aliphatic carbocycles. The number of benzene rings is 2. The lowest BCUT2D eigenvalue weighted by atomic mass is 10.1. The molecule has 0 unspecified atom stereocenters. The first-order valence-electron chi connectivity index (χ1n) is 6.81. The zero-order valence-corrected chi connectivity index (χ0v) is 15.3. The van der Waals surface area contributed by atoms with Gasteiger partial charge in [-0.15, -0.1) is 0 Å². The topological polar surface area (TPSA) is 37.4 Å². The Morgan fingerprint density at radius 1 is 0.833 bits per heavy atom. The molecule has 1 heterocycles. The Morgan fingerprint density at radius 2 is 1.46 bits per heavy atom. The minimum atomic E-state index is -0.618. The van der Waals surface area contributed by atoms with Gasteiger partial charge in [-0.05, 0) is 36.8 Å². The Kier molecular flexibility index (Phi) is 4.63. The van der Waals surface area contributed by atoms with E-state index in [1.165, 1.54) is 6.07 Å². The van der Waals surface area contributed by atoms with Crippen LogP contribution in [0.25, 0.3) is 5.57 Å². The van der Waals surface area contributed by atoms with E-state index < -0.39 is 11.8 Å². The Bertz CT molecular complexity index is 921. The van der Waals surface area contributed by atoms with Crippen molar-refractivity contribution in [1.82, 2.24) is 0 Å². The molecule has 2 aromatic carbocycles. The summed E-state index contributed by atoms with van der Waals surface area (Å²) in [5.74, 6) is -1.17. The van der Waals surface area contributed by atoms with Crippen LogP contribution in [0.5, 0.6) is 0 Å². The predicted molar refractivity (Wildman–Crippen MR) is 97.9 cm³/mol. The van der Waals surface area contributed by atoms with Crippen molar-refractivity contribution in [3.63, 3.8) is 0 Å². The van der Waals surface area contributed by atoms with Gasteiger partial charge in [-0.3, -0.25) is 9.59 Å². The quantitative estimate of drug-likeness (QED) is 0.626. The van der Waals surface area contributed by atoms with Gasteiger partial charge in [0.25, 0.3) is 11.8 Å². The highest BCUT2D eigenvalue weighted by molar-refractivity contribution is 6.61. The van der Waals surface area contributed by atoms with Crippen molar-refractivity contribution < 1.29 is 9.59 Å². The standard InChI is InChI=1S/C17H9Cl4NO2/c1-8-2-3-10(19)7-13(8)22-16(23)14(15(21)17(22)24)11-5-4-9(18)6-12(11)20/h2-7H,1H3. The fourth-order valence-electron chi connectivity index (χ4n) is 2.47. The summed E-state index contributed by atoms with van der Waals surface area (Å²) in [7, 11) is 0. The average Bonchev–Trinajstić information content (AvgIpc) is 2.73. The molecule has 7 heteroatoms. The Hall–Kier alpha value is -1.52. The third-order valence-corrected chi connectivity index (χ3v) is 4.77. The Labute approximate surface area is 158 Å². The minimum absolute atomic E-state index is 0.0442. The summed E-state index contributed by atoms with van der Waals surface area (Å²) >= 11 is 24.2. The van der Waals surface area contributed by atoms with Crippen molar-refractivity contribution in [2.75, 3.05) is 4.90 Å². The number of aryl methyl sites for hydroxylation is 1. The molecular weight excluding hydrogens is 392 g/mol. The number of carbonyl (C=O) groups excluding carboxylic acids is 2. The van der Waals surface area contributed by atoms with Crippen LogP contribution < -0.4 is 4.90 Å². The molecule has 0 saturated carbocycles. The van der Waals surface area contributed by atoms with E-state index in [9.17, 15) is 9.59 Å². The van der Waals surface area contributed by atoms with Gasteiger partial charge in [0.05, 0.1) is 16.3 Å². The Balaban J connectivity index is 2.13. The molecule has 2 amide bonds. The Morgan fingerprint density at radius 3 is 2.12 bits per heavy atom. The van der Waals surface area contributed by atoms with Crippen molar-refractivity contribution in [1.29, 1.82) is 0 Å². The highest BCUT2D eigenvalue weighted by Gasteiger charge is 2.40. The fourth-order valence-corrected chi connectivity index (χ4v) is 3.41. The lowest BCUT2D eigenvalue weighted by molar-refractivity contribution is -0.119. The minimum Gasteiger partial charge on any atom is -0.268 e. The summed E-state index contributed by atoms with van der Waals surface area (Å²) in [6.07, 6.45) is 0. The SMILES string of the molecule is Cc1ccc(Cl)cc1N1C(=O)C(Cl)=C(c2ccc(Cl)cc2Cl)C1=O. The van der Waals surface area contributed by atoms with Gasteiger partial charge in [0.2, 0.25) is 0 Å². The molecule has 1 aliphatic heterocycles. The van der Waals surface area contributed by atoms with Crippen LogP contribution in [-0.4, -0.2) is 11.8 Å². The molecule has 0 N–H and O–H groups in total. The number of imide groups is 1. The molecule has 0 atom stereocenters. The van der Waals surface area contributed by atoms with Gasteiger partial charge in [0, 0.05) is 15.6 Å². The number of hydrogen-bond acceptors (Lipinski definition) is 2. The normalized spacial score (nSPS) is 14.8. The monoisotopic (exact) mass is 399 g/mol. The van der Waals surface area contributed by atoms with Crippen LogP contribution in [-0.2, 0) is 9.59 Å². The van der Waals surface area contributed by atoms with Crippen LogP contribution in [0.4, 0.5) is 5.69 Å². The second-order valence-corrected chi connectivity index (χ2v) is 6.85. The first-order chi connectivity index (χ1) is 11.3. The largest absolute Gasteiger partial charge is 0.277 e. The van der Waals surface area contributed by atoms with Crippen LogP contribution in [0.15, 0.2) is 41.4 Å². The van der Waals surface area contributed by atoms with Gasteiger partial charge in [-0.1, -0.05) is 58.5 Å². The predicted octanol–water partition coefficient (Wildman–Crippen LogP) is 5.48. The summed E-state index contributed by atoms with van der Waals surface area (Å²) in [5.41, 5.74) is 1.50. The van der Waals surface area contributed by atoms with E-state index in [4.69, 9.17) is 46.4 Å². The smallest absolute Gasteiger partial charge is 0.268 e. The van der Waals surface area contributed by atoms with E-state index in [1.54, 1.807) is 37.3 Å². The molecule has 0 radical (unpaired) electrons. The fraction of sp³-hybridized carbons (Fsp3) is 0.0588. The number of hydrogen-bond donors (Lipinski definition) is 0. The summed E-state index contributed by atoms with van der Waals surface area (Å²) in [6.45, 7) is 1.77. The van der Waals surface area contributed by atoms with E-state index in [0.717, 1.165) is 4.90 Å². The summed E-state index contributed by atoms with van der Waals surface area (Å²) in [5, 5.41) is 0.871. The summed E-state index contributed by atoms with van der Waals surface area (Å²) in [4.78, 5) is 26.4. The van der Waals surface area contributed by atoms with E-state index in [0.29, 0.717) is 26.9 Å². The van der Waals surface area contributed by atoms with Gasteiger partial charge in [0.1, 0.15) is 5.03 Å². The van der Waals surface area contributed by atoms with E-state index in [1.807, 2.05) is 0 Å². The third kappa shape index (κ3) is 2.82. The maximum Gasteiger partial charge on any atom is 0.277 e. The van der Waals surface area contributed by atoms with Crippen LogP contribution in [0.2, 0.25) is 15.1 Å². The van der Waals surface area contributed by atoms with Gasteiger partial charge in [-0.25, -0.2) is 4.90 Å². The number of nitrogens with zero attached hydrogens (tertiary/aromatic N) is 1. The first kappa shape index (κ1) is 17.3. The lowest BCUT2D eigenvalue weighted by Gasteiger charge is -2.18. The number of rotatable bonds is 2. The van der Waals surface area contributed by atoms with E-state index >= 15 is 0 Å². The third-order valence-electron chi connectivity index (χ3n) is 3.64. The number of halogens is 4. The van der Waals surface area contributed by atoms with Crippen LogP contribution in [0.1, 0.15) is 11.1 Å². The average molecular weight is 401 g/mol. The number of carbonyl (C=O) groups is 2. The van der Waals surface area contributed by atoms with E-state index in [2.05, 4.69) is 0 Å². The molecule has 24 heavy (non-hydrogen) atoms. The lowest BCUT2D eigenvalue weighted by Crippen LogP contribution is -2.31. The molecule has 1 aliphatic rings. The number of anilines is 1. The molecule has 0 saturated heterocycles. The van der Waals surface area contributed by atoms with Gasteiger partial charge in [0.15, 0.2) is 0 Å². The van der Waals surface area contributed by atoms with Gasteiger partial charge < -0.3 is 0 Å². The summed E-state index contributed by atoms with van der Waals surface area (Å²) < 4.78 is 0. The molecule has 3 rings (SSSR count). The molecular formula is C17H9Cl4NO2. The van der Waals surface area contributed by atoms with Gasteiger partial charge >= 0.3 is 0 Å². The molecule has 3 nitrogen and oxygen atoms in total. The van der Waals surface area contributed by atoms with Gasteiger partial charge in [-0.2, -0.15) is 0 Å². The van der Waals surface area contributed by atoms with Crippen LogP contribution in [0, 0.1) is 6.92 Å². The number of amides is 2. The van der Waals surface area contributed by atoms with Crippen molar-refractivity contribution in [3.05, 3.63) is 67.6 Å². The van der Waals surface area contributed by atoms with Crippen molar-refractivity contribution in [2.45, 2.75) is 6.92 Å². The molecule has 0 bridgehead atoms. The van der Waals surface area contributed by atoms with Crippen molar-refractivity contribution in [3.8, 4) is 0 Å². The summed E-state index contributed by atoms with van der Waals surface area (Å²) in [6, 6.07) is 9.56. The maximum atomic E-state index is 12.9. The highest BCUT2D eigenvalue weighted by atomic mass is 35.5. The highest BCUT2D eigenvalue weighted by Crippen LogP contribution is 2.39. The van der Waals surface area contributed by atoms with Crippen molar-refractivity contribution >= 4 is 69.5 Å².